The highest BCUT2D eigenvalue weighted by Gasteiger charge is 2.33. The maximum absolute atomic E-state index is 13.7. The lowest BCUT2D eigenvalue weighted by Crippen LogP contribution is -2.40. The Balaban J connectivity index is 1.78. The van der Waals surface area contributed by atoms with Crippen molar-refractivity contribution >= 4 is 22.8 Å². The number of hydrogen-bond acceptors (Lipinski definition) is 7. The Hall–Kier alpha value is -4.53. The van der Waals surface area contributed by atoms with Crippen molar-refractivity contribution in [1.82, 2.24) is 9.88 Å². The zero-order chi connectivity index (χ0) is 28.7. The van der Waals surface area contributed by atoms with Gasteiger partial charge >= 0.3 is 12.1 Å². The van der Waals surface area contributed by atoms with Crippen molar-refractivity contribution in [2.24, 2.45) is 0 Å². The Morgan fingerprint density at radius 1 is 1.18 bits per heavy atom. The second-order valence-electron chi connectivity index (χ2n) is 9.98. The van der Waals surface area contributed by atoms with Crippen LogP contribution in [0.3, 0.4) is 0 Å². The van der Waals surface area contributed by atoms with E-state index in [0.29, 0.717) is 5.56 Å². The van der Waals surface area contributed by atoms with Crippen molar-refractivity contribution in [3.8, 4) is 17.6 Å². The lowest BCUT2D eigenvalue weighted by molar-refractivity contribution is -0.153. The first kappa shape index (κ1) is 27.5. The van der Waals surface area contributed by atoms with Crippen LogP contribution in [-0.4, -0.2) is 40.3 Å². The SMILES string of the molecule is CC(C)(C)OC(=O)CNC(=O)c1c(O)c2ccc(C#N)c3c2n(c1=O)C(Cc1ccc(C(F)(F)F)cc1)CO3. The van der Waals surface area contributed by atoms with Gasteiger partial charge in [-0.3, -0.25) is 19.0 Å². The van der Waals surface area contributed by atoms with E-state index in [2.05, 4.69) is 5.32 Å². The molecular weight excluding hydrogens is 519 g/mol. The van der Waals surface area contributed by atoms with Gasteiger partial charge < -0.3 is 19.9 Å². The van der Waals surface area contributed by atoms with Crippen LogP contribution in [0.2, 0.25) is 0 Å². The summed E-state index contributed by atoms with van der Waals surface area (Å²) in [7, 11) is 0. The molecule has 4 rings (SSSR count). The molecule has 1 aliphatic rings. The second kappa shape index (κ2) is 9.98. The molecule has 0 fully saturated rings. The summed E-state index contributed by atoms with van der Waals surface area (Å²) in [5.41, 5.74) is -2.58. The molecule has 0 bridgehead atoms. The third-order valence-corrected chi connectivity index (χ3v) is 6.00. The van der Waals surface area contributed by atoms with Crippen LogP contribution in [-0.2, 0) is 22.1 Å². The van der Waals surface area contributed by atoms with Gasteiger partial charge in [-0.05, 0) is 57.0 Å². The highest BCUT2D eigenvalue weighted by atomic mass is 19.4. The summed E-state index contributed by atoms with van der Waals surface area (Å²) in [4.78, 5) is 38.7. The van der Waals surface area contributed by atoms with Crippen LogP contribution in [0.15, 0.2) is 41.2 Å². The molecule has 39 heavy (non-hydrogen) atoms. The Morgan fingerprint density at radius 2 is 1.85 bits per heavy atom. The molecule has 2 aromatic carbocycles. The number of nitrogens with one attached hydrogen (secondary N) is 1. The van der Waals surface area contributed by atoms with E-state index in [-0.39, 0.29) is 35.2 Å². The maximum atomic E-state index is 13.7. The van der Waals surface area contributed by atoms with E-state index < -0.39 is 58.7 Å². The van der Waals surface area contributed by atoms with Crippen LogP contribution in [0.1, 0.15) is 53.9 Å². The number of amides is 1. The van der Waals surface area contributed by atoms with E-state index in [4.69, 9.17) is 9.47 Å². The highest BCUT2D eigenvalue weighted by molar-refractivity contribution is 6.04. The largest absolute Gasteiger partial charge is 0.506 e. The molecule has 1 aromatic heterocycles. The van der Waals surface area contributed by atoms with Gasteiger partial charge in [-0.2, -0.15) is 18.4 Å². The van der Waals surface area contributed by atoms with Gasteiger partial charge in [-0.1, -0.05) is 12.1 Å². The van der Waals surface area contributed by atoms with Crippen LogP contribution in [0.25, 0.3) is 10.9 Å². The van der Waals surface area contributed by atoms with Gasteiger partial charge in [0.15, 0.2) is 5.75 Å². The van der Waals surface area contributed by atoms with Gasteiger partial charge in [0, 0.05) is 5.39 Å². The summed E-state index contributed by atoms with van der Waals surface area (Å²) in [6.45, 7) is 4.23. The Bertz CT molecular complexity index is 1560. The quantitative estimate of drug-likeness (QED) is 0.468. The first-order valence-corrected chi connectivity index (χ1v) is 11.8. The number of carbonyl (C=O) groups excluding carboxylic acids is 2. The number of pyridine rings is 1. The molecule has 0 saturated heterocycles. The molecule has 0 radical (unpaired) electrons. The number of esters is 1. The lowest BCUT2D eigenvalue weighted by atomic mass is 9.99. The van der Waals surface area contributed by atoms with E-state index in [1.165, 1.54) is 28.8 Å². The predicted octanol–water partition coefficient (Wildman–Crippen LogP) is 3.85. The molecule has 2 heterocycles. The van der Waals surface area contributed by atoms with Crippen molar-refractivity contribution in [3.63, 3.8) is 0 Å². The van der Waals surface area contributed by atoms with E-state index >= 15 is 0 Å². The average Bonchev–Trinajstić information content (AvgIpc) is 2.84. The summed E-state index contributed by atoms with van der Waals surface area (Å²) in [6.07, 6.45) is -4.46. The molecule has 12 heteroatoms. The Labute approximate surface area is 220 Å². The standard InChI is InChI=1S/C27H24F3N3O6/c1-26(2,3)39-19(34)12-32-24(36)20-22(35)18-9-6-15(11-31)23-21(18)33(25(20)37)17(13-38-23)10-14-4-7-16(8-5-14)27(28,29)30/h4-9,17,35H,10,12-13H2,1-3H3,(H,32,36). The number of alkyl halides is 3. The minimum atomic E-state index is -4.51. The molecule has 3 aromatic rings. The number of ether oxygens (including phenoxy) is 2. The molecule has 0 spiro atoms. The number of nitrogens with zero attached hydrogens (tertiary/aromatic N) is 2. The molecule has 1 amide bonds. The third-order valence-electron chi connectivity index (χ3n) is 6.00. The van der Waals surface area contributed by atoms with E-state index in [1.54, 1.807) is 20.8 Å². The monoisotopic (exact) mass is 543 g/mol. The normalized spacial score (nSPS) is 14.8. The molecule has 0 saturated carbocycles. The number of halogens is 3. The number of rotatable bonds is 5. The summed E-state index contributed by atoms with van der Waals surface area (Å²) >= 11 is 0. The minimum Gasteiger partial charge on any atom is -0.506 e. The number of aromatic hydroxyl groups is 1. The molecule has 1 unspecified atom stereocenters. The van der Waals surface area contributed by atoms with Gasteiger partial charge in [0.2, 0.25) is 0 Å². The maximum Gasteiger partial charge on any atom is 0.416 e. The molecular formula is C27H24F3N3O6. The number of nitriles is 1. The Kier molecular flexibility index (Phi) is 7.04. The lowest BCUT2D eigenvalue weighted by Gasteiger charge is -2.30. The Morgan fingerprint density at radius 3 is 2.44 bits per heavy atom. The molecule has 9 nitrogen and oxygen atoms in total. The summed E-state index contributed by atoms with van der Waals surface area (Å²) in [5, 5.41) is 22.8. The van der Waals surface area contributed by atoms with Crippen molar-refractivity contribution in [3.05, 3.63) is 69.0 Å². The van der Waals surface area contributed by atoms with Crippen molar-refractivity contribution in [1.29, 1.82) is 5.26 Å². The number of aromatic nitrogens is 1. The molecule has 0 aliphatic carbocycles. The van der Waals surface area contributed by atoms with Crippen molar-refractivity contribution < 1.29 is 37.3 Å². The van der Waals surface area contributed by atoms with Crippen LogP contribution in [0.5, 0.6) is 11.5 Å². The molecule has 2 N–H and O–H groups in total. The molecule has 204 valence electrons. The third kappa shape index (κ3) is 5.52. The van der Waals surface area contributed by atoms with Gasteiger partial charge in [-0.15, -0.1) is 0 Å². The van der Waals surface area contributed by atoms with Crippen molar-refractivity contribution in [2.45, 2.75) is 45.0 Å². The van der Waals surface area contributed by atoms with E-state index in [1.807, 2.05) is 6.07 Å². The number of carbonyl (C=O) groups is 2. The van der Waals surface area contributed by atoms with Gasteiger partial charge in [0.05, 0.1) is 22.7 Å². The number of benzene rings is 2. The molecule has 1 aliphatic heterocycles. The van der Waals surface area contributed by atoms with Crippen LogP contribution in [0, 0.1) is 11.3 Å². The first-order valence-electron chi connectivity index (χ1n) is 11.8. The minimum absolute atomic E-state index is 0.0341. The topological polar surface area (TPSA) is 131 Å². The van der Waals surface area contributed by atoms with E-state index in [0.717, 1.165) is 12.1 Å². The zero-order valence-electron chi connectivity index (χ0n) is 21.2. The van der Waals surface area contributed by atoms with Gasteiger partial charge in [0.1, 0.15) is 36.1 Å². The van der Waals surface area contributed by atoms with Crippen LogP contribution >= 0.6 is 0 Å². The van der Waals surface area contributed by atoms with Crippen molar-refractivity contribution in [2.75, 3.05) is 13.2 Å². The average molecular weight is 543 g/mol. The summed E-state index contributed by atoms with van der Waals surface area (Å²) in [6, 6.07) is 8.28. The van der Waals surface area contributed by atoms with Crippen LogP contribution < -0.4 is 15.6 Å². The fourth-order valence-electron chi connectivity index (χ4n) is 4.37. The summed E-state index contributed by atoms with van der Waals surface area (Å²) < 4.78 is 51.1. The highest BCUT2D eigenvalue weighted by Crippen LogP contribution is 2.40. The zero-order valence-corrected chi connectivity index (χ0v) is 21.2. The van der Waals surface area contributed by atoms with Gasteiger partial charge in [-0.25, -0.2) is 0 Å². The van der Waals surface area contributed by atoms with E-state index in [9.17, 15) is 37.9 Å². The molecule has 1 atom stereocenters. The predicted molar refractivity (Wildman–Crippen MR) is 132 cm³/mol. The fraction of sp³-hybridized carbons (Fsp3) is 0.333. The van der Waals surface area contributed by atoms with Gasteiger partial charge in [0.25, 0.3) is 11.5 Å². The fourth-order valence-corrected chi connectivity index (χ4v) is 4.37. The second-order valence-corrected chi connectivity index (χ2v) is 9.98. The first-order chi connectivity index (χ1) is 18.2. The smallest absolute Gasteiger partial charge is 0.416 e. The van der Waals surface area contributed by atoms with Crippen LogP contribution in [0.4, 0.5) is 13.2 Å². The summed E-state index contributed by atoms with van der Waals surface area (Å²) in [5.74, 6) is -2.42. The number of hydrogen-bond donors (Lipinski definition) is 2.